The van der Waals surface area contributed by atoms with Crippen molar-refractivity contribution in [3.8, 4) is 0 Å². The third-order valence-electron chi connectivity index (χ3n) is 3.12. The Bertz CT molecular complexity index is 497. The molecule has 0 radical (unpaired) electrons. The summed E-state index contributed by atoms with van der Waals surface area (Å²) in [6.07, 6.45) is -0.304. The molecular formula is C15H21ClN2O2. The second-order valence-electron chi connectivity index (χ2n) is 6.09. The smallest absolute Gasteiger partial charge is 0.160 e. The first-order valence-electron chi connectivity index (χ1n) is 6.77. The van der Waals surface area contributed by atoms with E-state index in [4.69, 9.17) is 16.4 Å². The minimum Gasteiger partial charge on any atom is -0.389 e. The number of nitrogens with one attached hydrogen (secondary N) is 1. The number of hydrogen-bond acceptors (Lipinski definition) is 4. The number of hydrogen-bond donors (Lipinski definition) is 2. The number of aliphatic hydroxyl groups is 1. The molecule has 110 valence electrons. The van der Waals surface area contributed by atoms with E-state index in [9.17, 15) is 5.11 Å². The maximum atomic E-state index is 10.1. The van der Waals surface area contributed by atoms with E-state index in [-0.39, 0.29) is 11.6 Å². The first kappa shape index (κ1) is 15.3. The van der Waals surface area contributed by atoms with E-state index < -0.39 is 6.10 Å². The Hall–Kier alpha value is -1.10. The minimum atomic E-state index is -0.588. The molecular weight excluding hydrogens is 276 g/mol. The molecule has 1 heterocycles. The van der Waals surface area contributed by atoms with E-state index >= 15 is 0 Å². The van der Waals surface area contributed by atoms with Crippen LogP contribution in [0.15, 0.2) is 29.4 Å². The lowest BCUT2D eigenvalue weighted by Gasteiger charge is -2.24. The van der Waals surface area contributed by atoms with Crippen LogP contribution in [0, 0.1) is 0 Å². The fraction of sp³-hybridized carbons (Fsp3) is 0.533. The molecule has 5 heteroatoms. The second kappa shape index (κ2) is 6.12. The van der Waals surface area contributed by atoms with E-state index in [0.717, 1.165) is 11.3 Å². The summed E-state index contributed by atoms with van der Waals surface area (Å²) in [4.78, 5) is 5.34. The number of aliphatic hydroxyl groups excluding tert-OH is 1. The summed E-state index contributed by atoms with van der Waals surface area (Å²) in [5, 5.41) is 18.1. The maximum absolute atomic E-state index is 10.1. The van der Waals surface area contributed by atoms with Gasteiger partial charge in [0.15, 0.2) is 6.10 Å². The molecule has 1 aliphatic rings. The van der Waals surface area contributed by atoms with Crippen LogP contribution in [-0.4, -0.2) is 35.1 Å². The fourth-order valence-electron chi connectivity index (χ4n) is 1.98. The number of rotatable bonds is 4. The molecule has 1 aliphatic heterocycles. The van der Waals surface area contributed by atoms with Gasteiger partial charge in [0.2, 0.25) is 0 Å². The van der Waals surface area contributed by atoms with Gasteiger partial charge in [0.05, 0.1) is 5.71 Å². The van der Waals surface area contributed by atoms with E-state index in [1.54, 1.807) is 0 Å². The van der Waals surface area contributed by atoms with Crippen molar-refractivity contribution < 1.29 is 9.94 Å². The SMILES string of the molecule is CC(C)(C)NC[C@H](O)[C@@H]1CC(c2cccc(Cl)c2)=NO1. The van der Waals surface area contributed by atoms with E-state index in [1.165, 1.54) is 0 Å². The zero-order chi connectivity index (χ0) is 14.8. The molecule has 0 fully saturated rings. The van der Waals surface area contributed by atoms with Gasteiger partial charge in [-0.25, -0.2) is 0 Å². The van der Waals surface area contributed by atoms with Crippen LogP contribution in [0.5, 0.6) is 0 Å². The van der Waals surface area contributed by atoms with Gasteiger partial charge in [-0.2, -0.15) is 0 Å². The summed E-state index contributed by atoms with van der Waals surface area (Å²) in [6.45, 7) is 6.65. The monoisotopic (exact) mass is 296 g/mol. The van der Waals surface area contributed by atoms with Crippen molar-refractivity contribution in [1.82, 2.24) is 5.32 Å². The van der Waals surface area contributed by atoms with Crippen molar-refractivity contribution in [2.24, 2.45) is 5.16 Å². The molecule has 0 saturated heterocycles. The highest BCUT2D eigenvalue weighted by Crippen LogP contribution is 2.21. The number of β-amino-alcohol motifs (C(OH)–C–C–N with tert-alkyl or cyclic N) is 1. The third-order valence-corrected chi connectivity index (χ3v) is 3.36. The summed E-state index contributed by atoms with van der Waals surface area (Å²) in [7, 11) is 0. The summed E-state index contributed by atoms with van der Waals surface area (Å²) in [5.74, 6) is 0. The van der Waals surface area contributed by atoms with Crippen molar-refractivity contribution in [2.45, 2.75) is 44.9 Å². The highest BCUT2D eigenvalue weighted by Gasteiger charge is 2.29. The lowest BCUT2D eigenvalue weighted by Crippen LogP contribution is -2.44. The molecule has 0 aliphatic carbocycles. The summed E-state index contributed by atoms with van der Waals surface area (Å²) < 4.78 is 0. The lowest BCUT2D eigenvalue weighted by molar-refractivity contribution is -0.0181. The molecule has 0 aromatic heterocycles. The Balaban J connectivity index is 1.91. The number of halogens is 1. The molecule has 1 aromatic rings. The van der Waals surface area contributed by atoms with Gasteiger partial charge in [0.25, 0.3) is 0 Å². The van der Waals surface area contributed by atoms with Crippen LogP contribution in [0.4, 0.5) is 0 Å². The average molecular weight is 297 g/mol. The zero-order valence-corrected chi connectivity index (χ0v) is 12.8. The maximum Gasteiger partial charge on any atom is 0.160 e. The molecule has 20 heavy (non-hydrogen) atoms. The molecule has 0 saturated carbocycles. The zero-order valence-electron chi connectivity index (χ0n) is 12.1. The lowest BCUT2D eigenvalue weighted by atomic mass is 10.0. The molecule has 1 aromatic carbocycles. The second-order valence-corrected chi connectivity index (χ2v) is 6.53. The Morgan fingerprint density at radius 2 is 2.25 bits per heavy atom. The van der Waals surface area contributed by atoms with Crippen LogP contribution in [0.3, 0.4) is 0 Å². The normalized spacial score (nSPS) is 20.4. The topological polar surface area (TPSA) is 53.8 Å². The number of nitrogens with zero attached hydrogens (tertiary/aromatic N) is 1. The van der Waals surface area contributed by atoms with Crippen LogP contribution >= 0.6 is 11.6 Å². The standard InChI is InChI=1S/C15H21ClN2O2/c1-15(2,3)17-9-13(19)14-8-12(18-20-14)10-5-4-6-11(16)7-10/h4-7,13-14,17,19H,8-9H2,1-3H3/t13-,14-/m0/s1. The molecule has 0 spiro atoms. The first-order chi connectivity index (χ1) is 9.35. The van der Waals surface area contributed by atoms with Crippen molar-refractivity contribution in [1.29, 1.82) is 0 Å². The van der Waals surface area contributed by atoms with Gasteiger partial charge in [-0.15, -0.1) is 0 Å². The van der Waals surface area contributed by atoms with Crippen molar-refractivity contribution in [3.05, 3.63) is 34.9 Å². The number of oxime groups is 1. The highest BCUT2D eigenvalue weighted by molar-refractivity contribution is 6.31. The van der Waals surface area contributed by atoms with Gasteiger partial charge in [-0.05, 0) is 32.9 Å². The van der Waals surface area contributed by atoms with Gasteiger partial charge >= 0.3 is 0 Å². The Morgan fingerprint density at radius 1 is 1.50 bits per heavy atom. The largest absolute Gasteiger partial charge is 0.389 e. The summed E-state index contributed by atoms with van der Waals surface area (Å²) in [5.41, 5.74) is 1.74. The van der Waals surface area contributed by atoms with Crippen LogP contribution < -0.4 is 5.32 Å². The Labute approximate surface area is 124 Å². The third kappa shape index (κ3) is 4.20. The summed E-state index contributed by atoms with van der Waals surface area (Å²) >= 11 is 5.97. The van der Waals surface area contributed by atoms with Gasteiger partial charge in [-0.3, -0.25) is 0 Å². The van der Waals surface area contributed by atoms with E-state index in [2.05, 4.69) is 31.2 Å². The van der Waals surface area contributed by atoms with Crippen LogP contribution in [-0.2, 0) is 4.84 Å². The van der Waals surface area contributed by atoms with Crippen molar-refractivity contribution in [3.63, 3.8) is 0 Å². The van der Waals surface area contributed by atoms with Crippen LogP contribution in [0.25, 0.3) is 0 Å². The van der Waals surface area contributed by atoms with Gasteiger partial charge < -0.3 is 15.3 Å². The molecule has 0 unspecified atom stereocenters. The van der Waals surface area contributed by atoms with Gasteiger partial charge in [0.1, 0.15) is 6.10 Å². The van der Waals surface area contributed by atoms with Crippen LogP contribution in [0.2, 0.25) is 5.02 Å². The Morgan fingerprint density at radius 3 is 2.90 bits per heavy atom. The molecule has 2 N–H and O–H groups in total. The van der Waals surface area contributed by atoms with Gasteiger partial charge in [-0.1, -0.05) is 28.9 Å². The molecule has 0 amide bonds. The minimum absolute atomic E-state index is 0.0315. The Kier molecular flexibility index (Phi) is 4.68. The predicted molar refractivity (Wildman–Crippen MR) is 81.2 cm³/mol. The number of benzene rings is 1. The predicted octanol–water partition coefficient (Wildman–Crippen LogP) is 2.58. The quantitative estimate of drug-likeness (QED) is 0.898. The van der Waals surface area contributed by atoms with E-state index in [1.807, 2.05) is 24.3 Å². The van der Waals surface area contributed by atoms with Crippen molar-refractivity contribution >= 4 is 17.3 Å². The van der Waals surface area contributed by atoms with Gasteiger partial charge in [0, 0.05) is 29.1 Å². The first-order valence-corrected chi connectivity index (χ1v) is 7.15. The highest BCUT2D eigenvalue weighted by atomic mass is 35.5. The fourth-order valence-corrected chi connectivity index (χ4v) is 2.17. The molecule has 4 nitrogen and oxygen atoms in total. The average Bonchev–Trinajstić information content (AvgIpc) is 2.84. The molecule has 2 atom stereocenters. The van der Waals surface area contributed by atoms with E-state index in [0.29, 0.717) is 18.0 Å². The molecule has 2 rings (SSSR count). The summed E-state index contributed by atoms with van der Waals surface area (Å²) in [6, 6.07) is 7.49. The van der Waals surface area contributed by atoms with Crippen LogP contribution in [0.1, 0.15) is 32.8 Å². The van der Waals surface area contributed by atoms with Crippen molar-refractivity contribution in [2.75, 3.05) is 6.54 Å². The molecule has 0 bridgehead atoms.